The highest BCUT2D eigenvalue weighted by atomic mass is 16.6. The van der Waals surface area contributed by atoms with Crippen LogP contribution in [0.2, 0.25) is 0 Å². The number of hydrogen-bond donors (Lipinski definition) is 0. The largest absolute Gasteiger partial charge is 0.457 e. The molecule has 0 aliphatic heterocycles. The lowest BCUT2D eigenvalue weighted by molar-refractivity contribution is -0.179. The monoisotopic (exact) mass is 296 g/mol. The molecule has 122 valence electrons. The molecule has 0 radical (unpaired) electrons. The van der Waals surface area contributed by atoms with Crippen LogP contribution in [0, 0.1) is 10.8 Å². The Kier molecular flexibility index (Phi) is 6.02. The van der Waals surface area contributed by atoms with Crippen molar-refractivity contribution in [2.75, 3.05) is 6.61 Å². The molecule has 0 rings (SSSR count). The summed E-state index contributed by atoms with van der Waals surface area (Å²) in [7, 11) is 0. The van der Waals surface area contributed by atoms with E-state index in [9.17, 15) is 4.79 Å². The summed E-state index contributed by atoms with van der Waals surface area (Å²) in [6.45, 7) is 23.2. The molecule has 3 heteroatoms. The van der Waals surface area contributed by atoms with Gasteiger partial charge >= 0.3 is 5.97 Å². The zero-order chi connectivity index (χ0) is 17.1. The summed E-state index contributed by atoms with van der Waals surface area (Å²) in [5, 5.41) is 0. The molecule has 0 aliphatic rings. The number of carbonyl (C=O) groups excluding carboxylic acids is 1. The van der Waals surface area contributed by atoms with Gasteiger partial charge < -0.3 is 9.47 Å². The van der Waals surface area contributed by atoms with E-state index < -0.39 is 11.2 Å². The average Bonchev–Trinajstić information content (AvgIpc) is 2.35. The van der Waals surface area contributed by atoms with Crippen molar-refractivity contribution < 1.29 is 14.3 Å². The third kappa shape index (κ3) is 4.70. The normalized spacial score (nSPS) is 13.7. The lowest BCUT2D eigenvalue weighted by Crippen LogP contribution is -2.45. The molecular weight excluding hydrogens is 264 g/mol. The zero-order valence-electron chi connectivity index (χ0n) is 15.0. The first-order chi connectivity index (χ1) is 9.22. The third-order valence-electron chi connectivity index (χ3n) is 5.04. The van der Waals surface area contributed by atoms with Crippen molar-refractivity contribution in [1.82, 2.24) is 0 Å². The molecule has 0 aromatic rings. The van der Waals surface area contributed by atoms with Crippen molar-refractivity contribution in [1.29, 1.82) is 0 Å². The van der Waals surface area contributed by atoms with E-state index in [4.69, 9.17) is 9.47 Å². The molecule has 0 aromatic carbocycles. The SMILES string of the molecule is C=CC(C)(C)C(C)(C)OCC(=O)OC(C)(C)C(C)(C)C=C. The maximum atomic E-state index is 12.1. The van der Waals surface area contributed by atoms with E-state index in [1.807, 2.05) is 61.5 Å². The Morgan fingerprint density at radius 1 is 0.857 bits per heavy atom. The van der Waals surface area contributed by atoms with Gasteiger partial charge in [0, 0.05) is 10.8 Å². The maximum absolute atomic E-state index is 12.1. The van der Waals surface area contributed by atoms with Gasteiger partial charge in [-0.25, -0.2) is 4.79 Å². The lowest BCUT2D eigenvalue weighted by Gasteiger charge is -2.40. The summed E-state index contributed by atoms with van der Waals surface area (Å²) in [4.78, 5) is 12.1. The van der Waals surface area contributed by atoms with Crippen LogP contribution in [-0.4, -0.2) is 23.8 Å². The van der Waals surface area contributed by atoms with E-state index in [1.54, 1.807) is 6.08 Å². The summed E-state index contributed by atoms with van der Waals surface area (Å²) in [5.41, 5.74) is -1.72. The second-order valence-electron chi connectivity index (χ2n) is 7.63. The van der Waals surface area contributed by atoms with E-state index >= 15 is 0 Å². The van der Waals surface area contributed by atoms with E-state index in [0.717, 1.165) is 0 Å². The molecule has 0 saturated heterocycles. The molecule has 0 aliphatic carbocycles. The Bertz CT molecular complexity index is 401. The van der Waals surface area contributed by atoms with Crippen LogP contribution in [0.3, 0.4) is 0 Å². The van der Waals surface area contributed by atoms with Crippen LogP contribution in [0.25, 0.3) is 0 Å². The molecule has 0 amide bonds. The zero-order valence-corrected chi connectivity index (χ0v) is 15.0. The number of ether oxygens (including phenoxy) is 2. The quantitative estimate of drug-likeness (QED) is 0.488. The molecule has 0 N–H and O–H groups in total. The fraction of sp³-hybridized carbons (Fsp3) is 0.722. The van der Waals surface area contributed by atoms with Gasteiger partial charge in [-0.2, -0.15) is 0 Å². The molecule has 0 aromatic heterocycles. The van der Waals surface area contributed by atoms with Gasteiger partial charge in [0.25, 0.3) is 0 Å². The molecule has 3 nitrogen and oxygen atoms in total. The second-order valence-corrected chi connectivity index (χ2v) is 7.63. The van der Waals surface area contributed by atoms with Crippen molar-refractivity contribution in [2.24, 2.45) is 10.8 Å². The highest BCUT2D eigenvalue weighted by molar-refractivity contribution is 5.71. The standard InChI is InChI=1S/C18H32O3/c1-11-15(3,4)17(7,8)20-13-14(19)21-18(9,10)16(5,6)12-2/h11-12H,1-2,13H2,3-10H3. The Morgan fingerprint density at radius 3 is 1.62 bits per heavy atom. The van der Waals surface area contributed by atoms with Crippen LogP contribution < -0.4 is 0 Å². The first-order valence-electron chi connectivity index (χ1n) is 7.35. The van der Waals surface area contributed by atoms with Gasteiger partial charge in [0.15, 0.2) is 0 Å². The van der Waals surface area contributed by atoms with Gasteiger partial charge in [-0.3, -0.25) is 0 Å². The summed E-state index contributed by atoms with van der Waals surface area (Å²) in [6.07, 6.45) is 3.63. The summed E-state index contributed by atoms with van der Waals surface area (Å²) in [6, 6.07) is 0. The average molecular weight is 296 g/mol. The van der Waals surface area contributed by atoms with Crippen molar-refractivity contribution in [3.8, 4) is 0 Å². The Hall–Kier alpha value is -1.09. The van der Waals surface area contributed by atoms with E-state index in [1.165, 1.54) is 0 Å². The van der Waals surface area contributed by atoms with Gasteiger partial charge in [-0.05, 0) is 27.7 Å². The Balaban J connectivity index is 4.75. The lowest BCUT2D eigenvalue weighted by atomic mass is 9.77. The Labute approximate surface area is 130 Å². The van der Waals surface area contributed by atoms with E-state index in [2.05, 4.69) is 13.2 Å². The van der Waals surface area contributed by atoms with E-state index in [0.29, 0.717) is 0 Å². The van der Waals surface area contributed by atoms with Crippen molar-refractivity contribution in [3.05, 3.63) is 25.3 Å². The number of rotatable bonds is 8. The molecule has 0 bridgehead atoms. The van der Waals surface area contributed by atoms with Gasteiger partial charge in [0.1, 0.15) is 12.2 Å². The van der Waals surface area contributed by atoms with Crippen molar-refractivity contribution in [3.63, 3.8) is 0 Å². The van der Waals surface area contributed by atoms with Crippen LogP contribution in [0.1, 0.15) is 55.4 Å². The highest BCUT2D eigenvalue weighted by Crippen LogP contribution is 2.36. The first-order valence-corrected chi connectivity index (χ1v) is 7.35. The minimum Gasteiger partial charge on any atom is -0.457 e. The molecule has 0 spiro atoms. The smallest absolute Gasteiger partial charge is 0.332 e. The minimum absolute atomic E-state index is 0.0824. The van der Waals surface area contributed by atoms with E-state index in [-0.39, 0.29) is 23.4 Å². The molecule has 0 saturated carbocycles. The van der Waals surface area contributed by atoms with Gasteiger partial charge in [-0.15, -0.1) is 13.2 Å². The van der Waals surface area contributed by atoms with Crippen LogP contribution in [-0.2, 0) is 14.3 Å². The summed E-state index contributed by atoms with van der Waals surface area (Å²) < 4.78 is 11.3. The maximum Gasteiger partial charge on any atom is 0.332 e. The number of hydrogen-bond acceptors (Lipinski definition) is 3. The number of carbonyl (C=O) groups is 1. The predicted octanol–water partition coefficient (Wildman–Crippen LogP) is 4.53. The topological polar surface area (TPSA) is 35.5 Å². The second kappa shape index (κ2) is 6.35. The van der Waals surface area contributed by atoms with Crippen molar-refractivity contribution in [2.45, 2.75) is 66.6 Å². The predicted molar refractivity (Wildman–Crippen MR) is 88.2 cm³/mol. The minimum atomic E-state index is -0.646. The third-order valence-corrected chi connectivity index (χ3v) is 5.04. The Morgan fingerprint density at radius 2 is 1.24 bits per heavy atom. The van der Waals surface area contributed by atoms with Gasteiger partial charge in [0.05, 0.1) is 5.60 Å². The molecule has 0 atom stereocenters. The fourth-order valence-corrected chi connectivity index (χ4v) is 1.36. The van der Waals surface area contributed by atoms with Crippen molar-refractivity contribution >= 4 is 5.97 Å². The first kappa shape index (κ1) is 19.9. The summed E-state index contributed by atoms with van der Waals surface area (Å²) >= 11 is 0. The van der Waals surface area contributed by atoms with Crippen LogP contribution >= 0.6 is 0 Å². The molecule has 0 heterocycles. The van der Waals surface area contributed by atoms with Gasteiger partial charge in [-0.1, -0.05) is 39.8 Å². The van der Waals surface area contributed by atoms with Crippen LogP contribution in [0.15, 0.2) is 25.3 Å². The fourth-order valence-electron chi connectivity index (χ4n) is 1.36. The molecule has 0 unspecified atom stereocenters. The summed E-state index contributed by atoms with van der Waals surface area (Å²) in [5.74, 6) is -0.372. The van der Waals surface area contributed by atoms with Crippen LogP contribution in [0.4, 0.5) is 0 Å². The van der Waals surface area contributed by atoms with Crippen LogP contribution in [0.5, 0.6) is 0 Å². The number of esters is 1. The molecule has 21 heavy (non-hydrogen) atoms. The molecular formula is C18H32O3. The molecule has 0 fully saturated rings. The highest BCUT2D eigenvalue weighted by Gasteiger charge is 2.40. The van der Waals surface area contributed by atoms with Gasteiger partial charge in [0.2, 0.25) is 0 Å².